The molecule has 0 fully saturated rings. The second kappa shape index (κ2) is 3.73. The first-order chi connectivity index (χ1) is 8.27. The second-order valence-electron chi connectivity index (χ2n) is 4.19. The highest BCUT2D eigenvalue weighted by Gasteiger charge is 2.22. The number of amides is 1. The summed E-state index contributed by atoms with van der Waals surface area (Å²) >= 11 is 0. The fourth-order valence-corrected chi connectivity index (χ4v) is 2.33. The summed E-state index contributed by atoms with van der Waals surface area (Å²) in [6.07, 6.45) is 4.42. The van der Waals surface area contributed by atoms with Gasteiger partial charge in [0.15, 0.2) is 0 Å². The Morgan fingerprint density at radius 1 is 1.35 bits per heavy atom. The van der Waals surface area contributed by atoms with Crippen molar-refractivity contribution < 1.29 is 4.79 Å². The number of aromatic nitrogens is 2. The van der Waals surface area contributed by atoms with Gasteiger partial charge in [0.05, 0.1) is 5.56 Å². The standard InChI is InChI=1S/C13H13N3O/c1-16-11-4-7-15-13(17)10(11)8-12(16)9-2-5-14-6-3-9/h2-3,5-6,8H,4,7H2,1H3,(H,15,17). The van der Waals surface area contributed by atoms with Gasteiger partial charge in [-0.1, -0.05) is 0 Å². The topological polar surface area (TPSA) is 46.9 Å². The number of carbonyl (C=O) groups is 1. The van der Waals surface area contributed by atoms with E-state index < -0.39 is 0 Å². The van der Waals surface area contributed by atoms with Gasteiger partial charge >= 0.3 is 0 Å². The van der Waals surface area contributed by atoms with Crippen LogP contribution >= 0.6 is 0 Å². The Morgan fingerprint density at radius 3 is 2.82 bits per heavy atom. The Morgan fingerprint density at radius 2 is 2.12 bits per heavy atom. The van der Waals surface area contributed by atoms with Crippen LogP contribution in [0.15, 0.2) is 30.6 Å². The molecule has 17 heavy (non-hydrogen) atoms. The Bertz CT molecular complexity index is 572. The van der Waals surface area contributed by atoms with Crippen LogP contribution in [0, 0.1) is 0 Å². The third-order valence-electron chi connectivity index (χ3n) is 3.23. The van der Waals surface area contributed by atoms with Crippen LogP contribution in [-0.4, -0.2) is 22.0 Å². The molecule has 86 valence electrons. The highest BCUT2D eigenvalue weighted by atomic mass is 16.1. The van der Waals surface area contributed by atoms with Crippen molar-refractivity contribution in [3.63, 3.8) is 0 Å². The summed E-state index contributed by atoms with van der Waals surface area (Å²) in [4.78, 5) is 15.8. The summed E-state index contributed by atoms with van der Waals surface area (Å²) in [5.41, 5.74) is 4.06. The maximum absolute atomic E-state index is 11.7. The molecule has 1 aliphatic heterocycles. The lowest BCUT2D eigenvalue weighted by atomic mass is 10.1. The van der Waals surface area contributed by atoms with Crippen molar-refractivity contribution in [1.29, 1.82) is 0 Å². The summed E-state index contributed by atoms with van der Waals surface area (Å²) in [6.45, 7) is 0.722. The molecular formula is C13H13N3O. The molecule has 0 radical (unpaired) electrons. The van der Waals surface area contributed by atoms with Gasteiger partial charge in [0.1, 0.15) is 0 Å². The van der Waals surface area contributed by atoms with Crippen molar-refractivity contribution >= 4 is 5.91 Å². The predicted molar refractivity (Wildman–Crippen MR) is 64.7 cm³/mol. The Labute approximate surface area is 99.3 Å². The third-order valence-corrected chi connectivity index (χ3v) is 3.23. The van der Waals surface area contributed by atoms with Crippen LogP contribution in [0.4, 0.5) is 0 Å². The molecule has 3 heterocycles. The van der Waals surface area contributed by atoms with Crippen molar-refractivity contribution in [3.05, 3.63) is 41.9 Å². The van der Waals surface area contributed by atoms with Gasteiger partial charge in [-0.3, -0.25) is 9.78 Å². The molecule has 1 amide bonds. The Hall–Kier alpha value is -2.10. The number of nitrogens with zero attached hydrogens (tertiary/aromatic N) is 2. The van der Waals surface area contributed by atoms with E-state index in [-0.39, 0.29) is 5.91 Å². The third kappa shape index (κ3) is 1.53. The number of hydrogen-bond donors (Lipinski definition) is 1. The van der Waals surface area contributed by atoms with Gasteiger partial charge in [-0.15, -0.1) is 0 Å². The predicted octanol–water partition coefficient (Wildman–Crippen LogP) is 1.37. The van der Waals surface area contributed by atoms with Crippen LogP contribution in [0.1, 0.15) is 16.1 Å². The van der Waals surface area contributed by atoms with Gasteiger partial charge in [0.2, 0.25) is 0 Å². The number of hydrogen-bond acceptors (Lipinski definition) is 2. The highest BCUT2D eigenvalue weighted by molar-refractivity contribution is 5.98. The van der Waals surface area contributed by atoms with Crippen LogP contribution < -0.4 is 5.32 Å². The van der Waals surface area contributed by atoms with E-state index in [1.807, 2.05) is 25.2 Å². The largest absolute Gasteiger partial charge is 0.352 e. The fraction of sp³-hybridized carbons (Fsp3) is 0.231. The van der Waals surface area contributed by atoms with Crippen molar-refractivity contribution in [2.24, 2.45) is 7.05 Å². The smallest absolute Gasteiger partial charge is 0.253 e. The summed E-state index contributed by atoms with van der Waals surface area (Å²) < 4.78 is 2.10. The van der Waals surface area contributed by atoms with Gasteiger partial charge in [-0.05, 0) is 18.2 Å². The van der Waals surface area contributed by atoms with E-state index in [0.29, 0.717) is 0 Å². The molecule has 3 rings (SSSR count). The van der Waals surface area contributed by atoms with Crippen molar-refractivity contribution in [2.45, 2.75) is 6.42 Å². The van der Waals surface area contributed by atoms with Crippen LogP contribution in [-0.2, 0) is 13.5 Å². The Balaban J connectivity index is 2.17. The molecule has 1 N–H and O–H groups in total. The zero-order chi connectivity index (χ0) is 11.8. The van der Waals surface area contributed by atoms with Crippen LogP contribution in [0.3, 0.4) is 0 Å². The summed E-state index contributed by atoms with van der Waals surface area (Å²) in [5, 5.41) is 2.87. The summed E-state index contributed by atoms with van der Waals surface area (Å²) in [7, 11) is 2.01. The molecule has 2 aromatic heterocycles. The number of carbonyl (C=O) groups excluding carboxylic acids is 1. The maximum atomic E-state index is 11.7. The van der Waals surface area contributed by atoms with E-state index in [9.17, 15) is 4.79 Å². The van der Waals surface area contributed by atoms with E-state index in [4.69, 9.17) is 0 Å². The fourth-order valence-electron chi connectivity index (χ4n) is 2.33. The monoisotopic (exact) mass is 227 g/mol. The van der Waals surface area contributed by atoms with Crippen molar-refractivity contribution in [3.8, 4) is 11.3 Å². The van der Waals surface area contributed by atoms with Crippen molar-refractivity contribution in [1.82, 2.24) is 14.9 Å². The van der Waals surface area contributed by atoms with Crippen LogP contribution in [0.5, 0.6) is 0 Å². The van der Waals surface area contributed by atoms with Gasteiger partial charge in [-0.2, -0.15) is 0 Å². The maximum Gasteiger partial charge on any atom is 0.253 e. The molecule has 0 saturated heterocycles. The van der Waals surface area contributed by atoms with Crippen LogP contribution in [0.25, 0.3) is 11.3 Å². The lowest BCUT2D eigenvalue weighted by Crippen LogP contribution is -2.31. The average Bonchev–Trinajstić information content (AvgIpc) is 2.70. The van der Waals surface area contributed by atoms with E-state index >= 15 is 0 Å². The first-order valence-electron chi connectivity index (χ1n) is 5.64. The molecule has 0 spiro atoms. The highest BCUT2D eigenvalue weighted by Crippen LogP contribution is 2.26. The second-order valence-corrected chi connectivity index (χ2v) is 4.19. The minimum absolute atomic E-state index is 0.0298. The average molecular weight is 227 g/mol. The van der Waals surface area contributed by atoms with E-state index in [1.54, 1.807) is 12.4 Å². The molecule has 0 atom stereocenters. The lowest BCUT2D eigenvalue weighted by molar-refractivity contribution is 0.0945. The molecule has 0 saturated carbocycles. The summed E-state index contributed by atoms with van der Waals surface area (Å²) in [6, 6.07) is 5.87. The quantitative estimate of drug-likeness (QED) is 0.800. The zero-order valence-electron chi connectivity index (χ0n) is 9.60. The first-order valence-corrected chi connectivity index (χ1v) is 5.64. The molecule has 2 aromatic rings. The Kier molecular flexibility index (Phi) is 2.21. The van der Waals surface area contributed by atoms with E-state index in [2.05, 4.69) is 14.9 Å². The zero-order valence-corrected chi connectivity index (χ0v) is 9.60. The SMILES string of the molecule is Cn1c(-c2ccncc2)cc2c1CCNC2=O. The molecule has 4 nitrogen and oxygen atoms in total. The summed E-state index contributed by atoms with van der Waals surface area (Å²) in [5.74, 6) is 0.0298. The van der Waals surface area contributed by atoms with Gasteiger partial charge in [0.25, 0.3) is 5.91 Å². The van der Waals surface area contributed by atoms with E-state index in [0.717, 1.165) is 35.5 Å². The molecule has 0 bridgehead atoms. The number of rotatable bonds is 1. The van der Waals surface area contributed by atoms with Gasteiger partial charge < -0.3 is 9.88 Å². The molecule has 0 unspecified atom stereocenters. The molecule has 1 aliphatic rings. The van der Waals surface area contributed by atoms with Gasteiger partial charge in [0, 0.05) is 49.4 Å². The molecule has 4 heteroatoms. The van der Waals surface area contributed by atoms with Crippen molar-refractivity contribution in [2.75, 3.05) is 6.54 Å². The molecule has 0 aliphatic carbocycles. The minimum Gasteiger partial charge on any atom is -0.352 e. The first kappa shape index (κ1) is 10.1. The molecular weight excluding hydrogens is 214 g/mol. The minimum atomic E-state index is 0.0298. The van der Waals surface area contributed by atoms with Gasteiger partial charge in [-0.25, -0.2) is 0 Å². The molecule has 0 aromatic carbocycles. The number of nitrogens with one attached hydrogen (secondary N) is 1. The lowest BCUT2D eigenvalue weighted by Gasteiger charge is -2.14. The number of fused-ring (bicyclic) bond motifs is 1. The number of pyridine rings is 1. The normalized spacial score (nSPS) is 14.3. The van der Waals surface area contributed by atoms with E-state index in [1.165, 1.54) is 0 Å². The van der Waals surface area contributed by atoms with Crippen LogP contribution in [0.2, 0.25) is 0 Å².